The van der Waals surface area contributed by atoms with E-state index in [0.717, 1.165) is 18.4 Å². The lowest BCUT2D eigenvalue weighted by atomic mass is 9.86. The number of rotatable bonds is 8. The Hall–Kier alpha value is -4.81. The van der Waals surface area contributed by atoms with Gasteiger partial charge in [0, 0.05) is 29.0 Å². The van der Waals surface area contributed by atoms with Gasteiger partial charge in [-0.3, -0.25) is 15.0 Å². The molecular formula is C32H33N3O14. The van der Waals surface area contributed by atoms with Crippen molar-refractivity contribution in [2.75, 3.05) is 12.1 Å². The highest BCUT2D eigenvalue weighted by atomic mass is 17.2. The first-order valence-electron chi connectivity index (χ1n) is 15.8. The van der Waals surface area contributed by atoms with E-state index in [2.05, 4.69) is 5.32 Å². The fourth-order valence-corrected chi connectivity index (χ4v) is 6.77. The molecule has 1 unspecified atom stereocenters. The van der Waals surface area contributed by atoms with Crippen molar-refractivity contribution in [3.63, 3.8) is 0 Å². The van der Waals surface area contributed by atoms with E-state index in [9.17, 15) is 39.6 Å². The van der Waals surface area contributed by atoms with Gasteiger partial charge in [0.1, 0.15) is 18.4 Å². The third kappa shape index (κ3) is 5.25. The average Bonchev–Trinajstić information content (AvgIpc) is 3.70. The zero-order valence-electron chi connectivity index (χ0n) is 26.4. The van der Waals surface area contributed by atoms with Gasteiger partial charge in [0.25, 0.3) is 5.56 Å². The second-order valence-electron chi connectivity index (χ2n) is 12.2. The Kier molecular flexibility index (Phi) is 8.19. The number of aliphatic carboxylic acids is 1. The van der Waals surface area contributed by atoms with Crippen LogP contribution in [0.15, 0.2) is 16.9 Å². The van der Waals surface area contributed by atoms with E-state index < -0.39 is 53.8 Å². The number of anilines is 1. The van der Waals surface area contributed by atoms with Crippen molar-refractivity contribution in [1.29, 1.82) is 0 Å². The van der Waals surface area contributed by atoms with Crippen LogP contribution in [0.5, 0.6) is 11.5 Å². The van der Waals surface area contributed by atoms with Crippen LogP contribution in [0.2, 0.25) is 0 Å². The number of hydrogen-bond acceptors (Lipinski definition) is 14. The normalized spacial score (nSPS) is 25.0. The molecule has 0 bridgehead atoms. The lowest BCUT2D eigenvalue weighted by Crippen LogP contribution is -2.52. The van der Waals surface area contributed by atoms with Crippen molar-refractivity contribution in [3.05, 3.63) is 44.7 Å². The van der Waals surface area contributed by atoms with Gasteiger partial charge in [-0.2, -0.15) is 4.89 Å². The minimum atomic E-state index is -1.99. The number of nitrogens with one attached hydrogen (secondary N) is 1. The summed E-state index contributed by atoms with van der Waals surface area (Å²) in [6.07, 6.45) is -6.03. The van der Waals surface area contributed by atoms with E-state index in [4.69, 9.17) is 33.7 Å². The number of cyclic esters (lactones) is 1. The van der Waals surface area contributed by atoms with Gasteiger partial charge in [-0.15, -0.1) is 0 Å². The first kappa shape index (κ1) is 32.7. The molecule has 5 atom stereocenters. The van der Waals surface area contributed by atoms with Crippen LogP contribution in [-0.2, 0) is 54.0 Å². The Bertz CT molecular complexity index is 1960. The molecule has 17 heteroatoms. The number of fused-ring (bicyclic) bond motifs is 6. The maximum absolute atomic E-state index is 13.8. The number of hydrogen-bond donors (Lipinski definition) is 5. The second-order valence-corrected chi connectivity index (χ2v) is 12.2. The molecule has 0 radical (unpaired) electrons. The average molecular weight is 684 g/mol. The van der Waals surface area contributed by atoms with E-state index in [1.165, 1.54) is 4.57 Å². The number of esters is 1. The molecule has 6 heterocycles. The third-order valence-corrected chi connectivity index (χ3v) is 9.35. The number of unbranched alkanes of at least 4 members (excludes halogenated alkanes) is 1. The zero-order valence-corrected chi connectivity index (χ0v) is 26.4. The molecule has 1 saturated heterocycles. The zero-order chi connectivity index (χ0) is 34.8. The Morgan fingerprint density at radius 3 is 2.67 bits per heavy atom. The minimum absolute atomic E-state index is 0.00461. The molecule has 0 spiro atoms. The van der Waals surface area contributed by atoms with Gasteiger partial charge in [0.2, 0.25) is 13.1 Å². The van der Waals surface area contributed by atoms with Gasteiger partial charge in [0.15, 0.2) is 23.2 Å². The first-order chi connectivity index (χ1) is 23.5. The Labute approximate surface area is 276 Å². The topological polar surface area (TPSA) is 234 Å². The minimum Gasteiger partial charge on any atom is -0.479 e. The van der Waals surface area contributed by atoms with Crippen molar-refractivity contribution in [2.45, 2.75) is 89.3 Å². The van der Waals surface area contributed by atoms with Gasteiger partial charge in [-0.25, -0.2) is 19.4 Å². The highest BCUT2D eigenvalue weighted by Crippen LogP contribution is 2.49. The number of carboxylic acids is 1. The van der Waals surface area contributed by atoms with E-state index >= 15 is 0 Å². The fraction of sp³-hybridized carbons (Fsp3) is 0.469. The van der Waals surface area contributed by atoms with Crippen LogP contribution in [0.25, 0.3) is 22.3 Å². The highest BCUT2D eigenvalue weighted by Gasteiger charge is 2.46. The number of pyridine rings is 2. The molecule has 1 aromatic carbocycles. The molecule has 4 aliphatic rings. The number of aromatic nitrogens is 2. The molecule has 0 saturated carbocycles. The summed E-state index contributed by atoms with van der Waals surface area (Å²) in [6, 6.07) is 3.27. The molecule has 5 N–H and O–H groups in total. The SMILES string of the molecule is CCCCc1c2c(nc3cc4c(c(NC(=O)OOC5C[C@@H](O)[C@H](O)[C@@H](C(=O)O)O5)c13)OCO4)-c1cc3c(c(=O)n1C2)COC(=O)[C@]3(O)CC. The van der Waals surface area contributed by atoms with Crippen molar-refractivity contribution >= 4 is 34.6 Å². The standard InChI is InChI=1S/C32H33N3O14/c1-3-5-6-13-14-10-35-18(7-16-15(28(35)38)11-44-30(41)32(16,43)4-2)23(14)33-17-8-20-26(46-12-45-20)24(22(13)17)34-31(42)49-48-21-9-19(36)25(37)27(47-21)29(39)40/h7-8,19,21,25,27,36-37,43H,3-6,9-12H2,1-2H3,(H,34,42)(H,39,40)/t19-,21?,25+,27+,32+/m1/s1. The van der Waals surface area contributed by atoms with E-state index in [0.29, 0.717) is 34.3 Å². The molecule has 2 aromatic heterocycles. The third-order valence-electron chi connectivity index (χ3n) is 9.35. The number of aliphatic hydroxyl groups excluding tert-OH is 2. The van der Waals surface area contributed by atoms with Gasteiger partial charge in [0.05, 0.1) is 35.1 Å². The molecule has 7 rings (SSSR count). The van der Waals surface area contributed by atoms with Crippen LogP contribution in [0.3, 0.4) is 0 Å². The number of carbonyl (C=O) groups excluding carboxylic acids is 2. The van der Waals surface area contributed by atoms with E-state index in [-0.39, 0.29) is 61.1 Å². The molecule has 0 aliphatic carbocycles. The molecule has 260 valence electrons. The van der Waals surface area contributed by atoms with Crippen LogP contribution in [0, 0.1) is 0 Å². The number of amides is 1. The largest absolute Gasteiger partial charge is 0.479 e. The van der Waals surface area contributed by atoms with Crippen molar-refractivity contribution in [2.24, 2.45) is 0 Å². The van der Waals surface area contributed by atoms with Crippen LogP contribution < -0.4 is 20.3 Å². The first-order valence-corrected chi connectivity index (χ1v) is 15.8. The Balaban J connectivity index is 1.29. The lowest BCUT2D eigenvalue weighted by molar-refractivity contribution is -0.368. The van der Waals surface area contributed by atoms with Gasteiger partial charge >= 0.3 is 18.0 Å². The number of aliphatic hydroxyl groups is 3. The number of ether oxygens (including phenoxy) is 4. The maximum Gasteiger partial charge on any atom is 0.443 e. The smallest absolute Gasteiger partial charge is 0.443 e. The van der Waals surface area contributed by atoms with Gasteiger partial charge in [-0.1, -0.05) is 20.3 Å². The predicted molar refractivity (Wildman–Crippen MR) is 163 cm³/mol. The van der Waals surface area contributed by atoms with Crippen LogP contribution in [-0.4, -0.2) is 79.4 Å². The van der Waals surface area contributed by atoms with Crippen molar-refractivity contribution < 1.29 is 63.5 Å². The van der Waals surface area contributed by atoms with Crippen molar-refractivity contribution in [1.82, 2.24) is 9.55 Å². The summed E-state index contributed by atoms with van der Waals surface area (Å²) in [5.41, 5.74) is 0.816. The van der Waals surface area contributed by atoms with Gasteiger partial charge in [-0.05, 0) is 30.9 Å². The number of carboxylic acid groups (broad SMARTS) is 1. The second kappa shape index (κ2) is 12.3. The number of benzene rings is 1. The molecule has 1 fully saturated rings. The summed E-state index contributed by atoms with van der Waals surface area (Å²) in [7, 11) is 0. The van der Waals surface area contributed by atoms with Crippen LogP contribution in [0.4, 0.5) is 10.5 Å². The van der Waals surface area contributed by atoms with E-state index in [1.807, 2.05) is 6.92 Å². The highest BCUT2D eigenvalue weighted by molar-refractivity contribution is 6.06. The molecule has 3 aromatic rings. The summed E-state index contributed by atoms with van der Waals surface area (Å²) in [4.78, 5) is 65.8. The summed E-state index contributed by atoms with van der Waals surface area (Å²) >= 11 is 0. The monoisotopic (exact) mass is 683 g/mol. The maximum atomic E-state index is 13.8. The van der Waals surface area contributed by atoms with Crippen LogP contribution in [0.1, 0.15) is 61.8 Å². The predicted octanol–water partition coefficient (Wildman–Crippen LogP) is 1.55. The lowest BCUT2D eigenvalue weighted by Gasteiger charge is -2.33. The summed E-state index contributed by atoms with van der Waals surface area (Å²) in [5, 5.41) is 43.6. The van der Waals surface area contributed by atoms with Crippen LogP contribution >= 0.6 is 0 Å². The summed E-state index contributed by atoms with van der Waals surface area (Å²) in [6.45, 7) is 3.33. The summed E-state index contributed by atoms with van der Waals surface area (Å²) in [5.74, 6) is -1.92. The molecule has 1 amide bonds. The van der Waals surface area contributed by atoms with Gasteiger partial charge < -0.3 is 43.9 Å². The Morgan fingerprint density at radius 1 is 1.14 bits per heavy atom. The fourth-order valence-electron chi connectivity index (χ4n) is 6.77. The number of aryl methyl sites for hydroxylation is 1. The summed E-state index contributed by atoms with van der Waals surface area (Å²) < 4.78 is 23.2. The Morgan fingerprint density at radius 2 is 1.94 bits per heavy atom. The van der Waals surface area contributed by atoms with Crippen molar-refractivity contribution in [3.8, 4) is 22.9 Å². The van der Waals surface area contributed by atoms with E-state index in [1.54, 1.807) is 19.1 Å². The number of nitrogens with zero attached hydrogens (tertiary/aromatic N) is 2. The molecular weight excluding hydrogens is 650 g/mol. The molecule has 49 heavy (non-hydrogen) atoms. The number of carbonyl (C=O) groups is 3. The molecule has 17 nitrogen and oxygen atoms in total. The molecule has 4 aliphatic heterocycles. The quantitative estimate of drug-likeness (QED) is 0.101.